The molecule has 1 aliphatic rings. The van der Waals surface area contributed by atoms with Crippen molar-refractivity contribution in [3.8, 4) is 0 Å². The van der Waals surface area contributed by atoms with Crippen LogP contribution in [-0.4, -0.2) is 36.8 Å². The molecule has 0 aromatic heterocycles. The van der Waals surface area contributed by atoms with Crippen molar-refractivity contribution in [2.45, 2.75) is 19.4 Å². The molecular formula is C13H18ClN3O2. The number of amidine groups is 1. The van der Waals surface area contributed by atoms with Crippen LogP contribution in [-0.2, 0) is 4.74 Å². The molecular weight excluding hydrogens is 266 g/mol. The first-order valence-electron chi connectivity index (χ1n) is 6.30. The molecule has 104 valence electrons. The van der Waals surface area contributed by atoms with Gasteiger partial charge in [-0.25, -0.2) is 0 Å². The van der Waals surface area contributed by atoms with Crippen molar-refractivity contribution in [3.63, 3.8) is 0 Å². The molecule has 1 heterocycles. The molecule has 0 bridgehead atoms. The highest BCUT2D eigenvalue weighted by Crippen LogP contribution is 2.29. The molecule has 1 saturated heterocycles. The Labute approximate surface area is 117 Å². The summed E-state index contributed by atoms with van der Waals surface area (Å²) in [6, 6.07) is 5.52. The SMILES string of the molecule is CCC1CN(c2cccc(Cl)c2C(N)=NO)CCO1. The molecule has 6 heteroatoms. The van der Waals surface area contributed by atoms with Gasteiger partial charge in [-0.1, -0.05) is 29.7 Å². The maximum absolute atomic E-state index is 8.89. The highest BCUT2D eigenvalue weighted by molar-refractivity contribution is 6.34. The number of benzene rings is 1. The molecule has 1 aliphatic heterocycles. The Kier molecular flexibility index (Phi) is 4.50. The first-order chi connectivity index (χ1) is 9.17. The molecule has 0 amide bonds. The molecule has 1 aromatic rings. The molecule has 1 aromatic carbocycles. The van der Waals surface area contributed by atoms with Crippen molar-refractivity contribution >= 4 is 23.1 Å². The smallest absolute Gasteiger partial charge is 0.173 e. The van der Waals surface area contributed by atoms with Gasteiger partial charge >= 0.3 is 0 Å². The summed E-state index contributed by atoms with van der Waals surface area (Å²) in [7, 11) is 0. The predicted octanol–water partition coefficient (Wildman–Crippen LogP) is 2.05. The quantitative estimate of drug-likeness (QED) is 0.385. The van der Waals surface area contributed by atoms with Crippen molar-refractivity contribution < 1.29 is 9.94 Å². The topological polar surface area (TPSA) is 71.1 Å². The molecule has 0 radical (unpaired) electrons. The first-order valence-corrected chi connectivity index (χ1v) is 6.68. The number of nitrogens with two attached hydrogens (primary N) is 1. The molecule has 2 rings (SSSR count). The van der Waals surface area contributed by atoms with E-state index in [4.69, 9.17) is 27.3 Å². The Morgan fingerprint density at radius 3 is 3.11 bits per heavy atom. The lowest BCUT2D eigenvalue weighted by molar-refractivity contribution is 0.0384. The fraction of sp³-hybridized carbons (Fsp3) is 0.462. The first kappa shape index (κ1) is 14.0. The van der Waals surface area contributed by atoms with Crippen LogP contribution in [0.1, 0.15) is 18.9 Å². The van der Waals surface area contributed by atoms with E-state index in [1.165, 1.54) is 0 Å². The fourth-order valence-electron chi connectivity index (χ4n) is 2.26. The van der Waals surface area contributed by atoms with Crippen LogP contribution in [0, 0.1) is 0 Å². The Balaban J connectivity index is 2.36. The van der Waals surface area contributed by atoms with E-state index in [-0.39, 0.29) is 11.9 Å². The van der Waals surface area contributed by atoms with E-state index in [1.54, 1.807) is 6.07 Å². The maximum Gasteiger partial charge on any atom is 0.173 e. The van der Waals surface area contributed by atoms with Crippen LogP contribution in [0.3, 0.4) is 0 Å². The normalized spacial score (nSPS) is 20.6. The molecule has 19 heavy (non-hydrogen) atoms. The molecule has 0 saturated carbocycles. The second-order valence-electron chi connectivity index (χ2n) is 4.47. The number of oxime groups is 1. The Hall–Kier alpha value is -1.46. The largest absolute Gasteiger partial charge is 0.409 e. The molecule has 0 aliphatic carbocycles. The van der Waals surface area contributed by atoms with E-state index < -0.39 is 0 Å². The van der Waals surface area contributed by atoms with E-state index in [2.05, 4.69) is 17.0 Å². The summed E-state index contributed by atoms with van der Waals surface area (Å²) in [6.45, 7) is 4.31. The number of rotatable bonds is 3. The van der Waals surface area contributed by atoms with Gasteiger partial charge in [0.25, 0.3) is 0 Å². The molecule has 1 atom stereocenters. The second kappa shape index (κ2) is 6.12. The van der Waals surface area contributed by atoms with Crippen molar-refractivity contribution in [1.82, 2.24) is 0 Å². The van der Waals surface area contributed by atoms with Gasteiger partial charge < -0.3 is 20.6 Å². The van der Waals surface area contributed by atoms with Crippen LogP contribution in [0.25, 0.3) is 0 Å². The maximum atomic E-state index is 8.89. The van der Waals surface area contributed by atoms with Gasteiger partial charge in [0.1, 0.15) is 0 Å². The minimum absolute atomic E-state index is 0.0279. The molecule has 0 spiro atoms. The van der Waals surface area contributed by atoms with Gasteiger partial charge in [0.2, 0.25) is 0 Å². The second-order valence-corrected chi connectivity index (χ2v) is 4.87. The zero-order valence-corrected chi connectivity index (χ0v) is 11.6. The third-order valence-electron chi connectivity index (χ3n) is 3.29. The van der Waals surface area contributed by atoms with Crippen molar-refractivity contribution in [1.29, 1.82) is 0 Å². The van der Waals surface area contributed by atoms with Crippen LogP contribution in [0.4, 0.5) is 5.69 Å². The number of nitrogens with zero attached hydrogens (tertiary/aromatic N) is 2. The third kappa shape index (κ3) is 2.93. The number of anilines is 1. The summed E-state index contributed by atoms with van der Waals surface area (Å²) in [5.74, 6) is 0.0279. The average molecular weight is 284 g/mol. The number of morpholine rings is 1. The van der Waals surface area contributed by atoms with E-state index >= 15 is 0 Å². The fourth-order valence-corrected chi connectivity index (χ4v) is 2.53. The average Bonchev–Trinajstić information content (AvgIpc) is 2.46. The minimum atomic E-state index is 0.0279. The Bertz CT molecular complexity index is 479. The number of hydrogen-bond acceptors (Lipinski definition) is 4. The van der Waals surface area contributed by atoms with Crippen LogP contribution in [0.15, 0.2) is 23.4 Å². The Morgan fingerprint density at radius 2 is 2.42 bits per heavy atom. The molecule has 5 nitrogen and oxygen atoms in total. The van der Waals surface area contributed by atoms with E-state index in [1.807, 2.05) is 12.1 Å². The Morgan fingerprint density at radius 1 is 1.63 bits per heavy atom. The lowest BCUT2D eigenvalue weighted by Gasteiger charge is -2.35. The van der Waals surface area contributed by atoms with Gasteiger partial charge in [0.05, 0.1) is 23.3 Å². The van der Waals surface area contributed by atoms with Gasteiger partial charge in [0.15, 0.2) is 5.84 Å². The van der Waals surface area contributed by atoms with Crippen LogP contribution < -0.4 is 10.6 Å². The summed E-state index contributed by atoms with van der Waals surface area (Å²) in [5, 5.41) is 12.4. The van der Waals surface area contributed by atoms with Crippen molar-refractivity contribution in [2.75, 3.05) is 24.6 Å². The third-order valence-corrected chi connectivity index (χ3v) is 3.61. The zero-order valence-electron chi connectivity index (χ0n) is 10.8. The standard InChI is InChI=1S/C13H18ClN3O2/c1-2-9-8-17(6-7-19-9)11-5-3-4-10(14)12(11)13(15)16-18/h3-5,9,18H,2,6-8H2,1H3,(H2,15,16). The van der Waals surface area contributed by atoms with Gasteiger partial charge in [-0.2, -0.15) is 0 Å². The summed E-state index contributed by atoms with van der Waals surface area (Å²) >= 11 is 6.16. The van der Waals surface area contributed by atoms with Gasteiger partial charge in [-0.15, -0.1) is 0 Å². The zero-order chi connectivity index (χ0) is 13.8. The minimum Gasteiger partial charge on any atom is -0.409 e. The van der Waals surface area contributed by atoms with Crippen molar-refractivity contribution in [3.05, 3.63) is 28.8 Å². The van der Waals surface area contributed by atoms with E-state index in [0.717, 1.165) is 25.2 Å². The number of halogens is 1. The highest BCUT2D eigenvalue weighted by Gasteiger charge is 2.23. The monoisotopic (exact) mass is 283 g/mol. The summed E-state index contributed by atoms with van der Waals surface area (Å²) < 4.78 is 5.65. The molecule has 3 N–H and O–H groups in total. The van der Waals surface area contributed by atoms with Gasteiger partial charge in [-0.05, 0) is 18.6 Å². The van der Waals surface area contributed by atoms with Crippen LogP contribution in [0.2, 0.25) is 5.02 Å². The van der Waals surface area contributed by atoms with E-state index in [0.29, 0.717) is 17.2 Å². The van der Waals surface area contributed by atoms with Crippen LogP contribution >= 0.6 is 11.6 Å². The predicted molar refractivity (Wildman–Crippen MR) is 76.2 cm³/mol. The van der Waals surface area contributed by atoms with Gasteiger partial charge in [0, 0.05) is 18.8 Å². The molecule has 1 fully saturated rings. The summed E-state index contributed by atoms with van der Waals surface area (Å²) in [6.07, 6.45) is 1.16. The summed E-state index contributed by atoms with van der Waals surface area (Å²) in [5.41, 5.74) is 7.18. The lowest BCUT2D eigenvalue weighted by atomic mass is 10.1. The van der Waals surface area contributed by atoms with Gasteiger partial charge in [-0.3, -0.25) is 0 Å². The summed E-state index contributed by atoms with van der Waals surface area (Å²) in [4.78, 5) is 2.16. The number of ether oxygens (including phenoxy) is 1. The number of hydrogen-bond donors (Lipinski definition) is 2. The highest BCUT2D eigenvalue weighted by atomic mass is 35.5. The lowest BCUT2D eigenvalue weighted by Crippen LogP contribution is -2.43. The van der Waals surface area contributed by atoms with Crippen molar-refractivity contribution in [2.24, 2.45) is 10.9 Å². The molecule has 1 unspecified atom stereocenters. The van der Waals surface area contributed by atoms with E-state index in [9.17, 15) is 0 Å². The van der Waals surface area contributed by atoms with Crippen LogP contribution in [0.5, 0.6) is 0 Å².